The average molecular weight is 578 g/mol. The maximum atomic E-state index is 13.1. The summed E-state index contributed by atoms with van der Waals surface area (Å²) < 4.78 is 0. The Bertz CT molecular complexity index is 962. The first-order valence-electron chi connectivity index (χ1n) is 14.4. The molecule has 2 aliphatic heterocycles. The number of rotatable bonds is 9. The van der Waals surface area contributed by atoms with Crippen molar-refractivity contribution in [2.45, 2.75) is 42.9 Å². The van der Waals surface area contributed by atoms with Gasteiger partial charge in [0.15, 0.2) is 0 Å². The minimum atomic E-state index is -1.15. The third kappa shape index (κ3) is 11.9. The number of carboxylic acids is 1. The first-order chi connectivity index (χ1) is 19.7. The van der Waals surface area contributed by atoms with Gasteiger partial charge in [-0.2, -0.15) is 0 Å². The smallest absolute Gasteiger partial charge is 0.326 e. The second-order valence-corrected chi connectivity index (χ2v) is 11.0. The summed E-state index contributed by atoms with van der Waals surface area (Å²) in [6, 6.07) is 5.06. The lowest BCUT2D eigenvalue weighted by Crippen LogP contribution is -2.66. The second-order valence-electron chi connectivity index (χ2n) is 11.0. The summed E-state index contributed by atoms with van der Waals surface area (Å²) in [6.45, 7) is 7.08. The molecule has 2 fully saturated rings. The fraction of sp³-hybridized carbons (Fsp3) is 0.667. The largest absolute Gasteiger partial charge is 0.508 e. The molecule has 2 aliphatic rings. The van der Waals surface area contributed by atoms with Crippen molar-refractivity contribution in [2.24, 2.45) is 5.73 Å². The van der Waals surface area contributed by atoms with Crippen molar-refractivity contribution in [1.29, 1.82) is 0 Å². The van der Waals surface area contributed by atoms with E-state index >= 15 is 0 Å². The summed E-state index contributed by atoms with van der Waals surface area (Å²) in [6.07, 6.45) is 0.526. The Morgan fingerprint density at radius 2 is 1.32 bits per heavy atom. The van der Waals surface area contributed by atoms with Gasteiger partial charge in [-0.1, -0.05) is 12.1 Å². The number of carboxylic acid groups (broad SMARTS) is 1. The number of benzene rings is 1. The lowest BCUT2D eigenvalue weighted by Gasteiger charge is -2.36. The number of aromatic hydroxyl groups is 1. The van der Waals surface area contributed by atoms with Crippen molar-refractivity contribution >= 4 is 17.8 Å². The lowest BCUT2D eigenvalue weighted by molar-refractivity contribution is -0.141. The predicted molar refractivity (Wildman–Crippen MR) is 155 cm³/mol. The van der Waals surface area contributed by atoms with Crippen LogP contribution in [0.3, 0.4) is 0 Å². The lowest BCUT2D eigenvalue weighted by atomic mass is 9.97. The summed E-state index contributed by atoms with van der Waals surface area (Å²) in [5.74, 6) is -1.67. The molecule has 12 N–H and O–H groups in total. The number of nitrogens with one attached hydrogen (secondary N) is 8. The van der Waals surface area contributed by atoms with E-state index in [1.54, 1.807) is 12.1 Å². The van der Waals surface area contributed by atoms with E-state index in [9.17, 15) is 24.6 Å². The van der Waals surface area contributed by atoms with E-state index < -0.39 is 29.1 Å². The number of carbonyl (C=O) groups is 3. The molecule has 2 saturated heterocycles. The van der Waals surface area contributed by atoms with Crippen molar-refractivity contribution in [1.82, 2.24) is 42.5 Å². The van der Waals surface area contributed by atoms with Gasteiger partial charge in [-0.3, -0.25) is 14.9 Å². The highest BCUT2D eigenvalue weighted by molar-refractivity contribution is 5.84. The van der Waals surface area contributed by atoms with E-state index in [0.29, 0.717) is 64.5 Å². The van der Waals surface area contributed by atoms with Crippen LogP contribution in [0.2, 0.25) is 0 Å². The number of carbonyl (C=O) groups excluding carboxylic acids is 2. The van der Waals surface area contributed by atoms with Crippen molar-refractivity contribution in [3.05, 3.63) is 29.8 Å². The van der Waals surface area contributed by atoms with Gasteiger partial charge in [0.1, 0.15) is 11.8 Å². The molecule has 14 nitrogen and oxygen atoms in total. The zero-order chi connectivity index (χ0) is 29.6. The molecule has 41 heavy (non-hydrogen) atoms. The molecule has 14 heteroatoms. The minimum absolute atomic E-state index is 0.0262. The number of hydrogen-bond donors (Lipinski definition) is 11. The number of hydrogen-bond acceptors (Lipinski definition) is 11. The summed E-state index contributed by atoms with van der Waals surface area (Å²) >= 11 is 0. The molecular weight excluding hydrogens is 530 g/mol. The predicted octanol–water partition coefficient (Wildman–Crippen LogP) is -3.25. The van der Waals surface area contributed by atoms with E-state index in [1.807, 2.05) is 0 Å². The van der Waals surface area contributed by atoms with Gasteiger partial charge in [0.25, 0.3) is 0 Å². The number of phenolic OH excluding ortho intramolecular Hbond substituents is 1. The highest BCUT2D eigenvalue weighted by atomic mass is 16.4. The Kier molecular flexibility index (Phi) is 13.2. The topological polar surface area (TPSA) is 214 Å². The number of fused-ring (bicyclic) bond motifs is 6. The fourth-order valence-electron chi connectivity index (χ4n) is 4.97. The van der Waals surface area contributed by atoms with Crippen LogP contribution in [-0.4, -0.2) is 117 Å². The van der Waals surface area contributed by atoms with Gasteiger partial charge in [0, 0.05) is 91.3 Å². The summed E-state index contributed by atoms with van der Waals surface area (Å²) in [5, 5.41) is 45.3. The van der Waals surface area contributed by atoms with Gasteiger partial charge in [0.05, 0.1) is 11.2 Å². The Morgan fingerprint density at radius 1 is 0.805 bits per heavy atom. The normalized spacial score (nSPS) is 25.5. The molecule has 2 amide bonds. The van der Waals surface area contributed by atoms with Crippen LogP contribution in [0, 0.1) is 0 Å². The Morgan fingerprint density at radius 3 is 1.88 bits per heavy atom. The fourth-order valence-corrected chi connectivity index (χ4v) is 4.97. The molecule has 230 valence electrons. The molecule has 3 rings (SSSR count). The molecule has 0 radical (unpaired) electrons. The average Bonchev–Trinajstić information content (AvgIpc) is 2.95. The van der Waals surface area contributed by atoms with Crippen LogP contribution < -0.4 is 48.3 Å². The first-order valence-corrected chi connectivity index (χ1v) is 14.4. The monoisotopic (exact) mass is 577 g/mol. The van der Waals surface area contributed by atoms with Crippen LogP contribution in [0.5, 0.6) is 5.75 Å². The van der Waals surface area contributed by atoms with Crippen molar-refractivity contribution < 1.29 is 24.6 Å². The van der Waals surface area contributed by atoms with Crippen molar-refractivity contribution in [2.75, 3.05) is 72.0 Å². The van der Waals surface area contributed by atoms with Gasteiger partial charge >= 0.3 is 5.97 Å². The molecular formula is C27H47N9O5. The van der Waals surface area contributed by atoms with Gasteiger partial charge in [-0.05, 0) is 24.1 Å². The van der Waals surface area contributed by atoms with E-state index in [2.05, 4.69) is 42.5 Å². The molecule has 0 spiro atoms. The Labute approximate surface area is 241 Å². The Balaban J connectivity index is 1.53. The molecule has 0 aliphatic carbocycles. The van der Waals surface area contributed by atoms with E-state index in [1.165, 1.54) is 12.1 Å². The van der Waals surface area contributed by atoms with Crippen LogP contribution in [-0.2, 0) is 20.8 Å². The molecule has 1 unspecified atom stereocenters. The molecule has 1 aromatic rings. The minimum Gasteiger partial charge on any atom is -0.508 e. The highest BCUT2D eigenvalue weighted by Gasteiger charge is 2.32. The van der Waals surface area contributed by atoms with Crippen molar-refractivity contribution in [3.8, 4) is 5.75 Å². The summed E-state index contributed by atoms with van der Waals surface area (Å²) in [4.78, 5) is 37.3. The third-order valence-corrected chi connectivity index (χ3v) is 7.23. The van der Waals surface area contributed by atoms with Crippen LogP contribution in [0.1, 0.15) is 24.8 Å². The standard InChI is InChI=1S/C27H47N9O5/c28-27-18-32-10-8-29-15-26(17-31-12-13-34-27,16-30-9-11-33-19-27)36-24(39)3-1-2-23(38)35-22(25(40)41)14-20-4-6-21(37)7-5-20/h4-7,22,29-34,37H,1-3,8-19,28H2,(H,35,38)(H,36,39)(H,40,41)/t22?,26-,27-. The SMILES string of the molecule is N[C@]12CNCCNC[C@](NC(=O)CCCC(=O)NC(Cc3ccc(O)cc3)C(=O)O)(CNCCNC1)CNCCN2. The molecule has 1 aromatic carbocycles. The number of nitrogens with two attached hydrogens (primary N) is 1. The van der Waals surface area contributed by atoms with Gasteiger partial charge < -0.3 is 53.2 Å². The highest BCUT2D eigenvalue weighted by Crippen LogP contribution is 2.12. The van der Waals surface area contributed by atoms with Crippen LogP contribution >= 0.6 is 0 Å². The zero-order valence-corrected chi connectivity index (χ0v) is 23.7. The molecule has 0 saturated carbocycles. The number of amides is 2. The van der Waals surface area contributed by atoms with Crippen LogP contribution in [0.4, 0.5) is 0 Å². The van der Waals surface area contributed by atoms with Gasteiger partial charge in [-0.25, -0.2) is 4.79 Å². The maximum absolute atomic E-state index is 13.1. The van der Waals surface area contributed by atoms with Crippen LogP contribution in [0.25, 0.3) is 0 Å². The van der Waals surface area contributed by atoms with Crippen molar-refractivity contribution in [3.63, 3.8) is 0 Å². The molecule has 1 atom stereocenters. The van der Waals surface area contributed by atoms with Crippen LogP contribution in [0.15, 0.2) is 24.3 Å². The number of phenols is 1. The quantitative estimate of drug-likeness (QED) is 0.140. The van der Waals surface area contributed by atoms with Gasteiger partial charge in [0.2, 0.25) is 11.8 Å². The second kappa shape index (κ2) is 16.6. The first kappa shape index (κ1) is 32.7. The van der Waals surface area contributed by atoms with E-state index in [4.69, 9.17) is 5.73 Å². The molecule has 2 bridgehead atoms. The van der Waals surface area contributed by atoms with E-state index in [-0.39, 0.29) is 37.3 Å². The van der Waals surface area contributed by atoms with E-state index in [0.717, 1.165) is 13.1 Å². The zero-order valence-electron chi connectivity index (χ0n) is 23.7. The third-order valence-electron chi connectivity index (χ3n) is 7.23. The van der Waals surface area contributed by atoms with Gasteiger partial charge in [-0.15, -0.1) is 0 Å². The molecule has 0 aromatic heterocycles. The summed E-state index contributed by atoms with van der Waals surface area (Å²) in [5.41, 5.74) is 6.09. The molecule has 2 heterocycles. The number of aliphatic carboxylic acids is 1. The summed E-state index contributed by atoms with van der Waals surface area (Å²) in [7, 11) is 0. The Hall–Kier alpha value is -2.85. The maximum Gasteiger partial charge on any atom is 0.326 e.